The summed E-state index contributed by atoms with van der Waals surface area (Å²) in [5.41, 5.74) is -1.53. The normalized spacial score (nSPS) is 19.4. The minimum atomic E-state index is -2.04. The first-order chi connectivity index (χ1) is 17.9. The minimum Gasteiger partial charge on any atom is -0.444 e. The Balaban J connectivity index is 2.84. The highest BCUT2D eigenvalue weighted by molar-refractivity contribution is 6.74. The van der Waals surface area contributed by atoms with Crippen LogP contribution in [0.25, 0.3) is 0 Å². The zero-order chi connectivity index (χ0) is 29.9. The number of hydrogen-bond acceptors (Lipinski definition) is 5. The van der Waals surface area contributed by atoms with Crippen LogP contribution in [0.15, 0.2) is 0 Å². The Hall–Kier alpha value is -1.07. The monoisotopic (exact) mass is 567 g/mol. The van der Waals surface area contributed by atoms with E-state index in [0.29, 0.717) is 0 Å². The lowest BCUT2D eigenvalue weighted by molar-refractivity contribution is -0.0658. The van der Waals surface area contributed by atoms with E-state index in [2.05, 4.69) is 52.6 Å². The zero-order valence-electron chi connectivity index (χ0n) is 27.2. The van der Waals surface area contributed by atoms with Gasteiger partial charge in [-0.3, -0.25) is 4.90 Å². The van der Waals surface area contributed by atoms with Gasteiger partial charge in [-0.1, -0.05) is 97.3 Å². The Labute approximate surface area is 242 Å². The summed E-state index contributed by atoms with van der Waals surface area (Å²) in [4.78, 5) is 14.5. The van der Waals surface area contributed by atoms with Crippen LogP contribution in [0.4, 0.5) is 4.79 Å². The molecule has 0 bridgehead atoms. The molecular formula is C32H61NO5Si. The van der Waals surface area contributed by atoms with Crippen molar-refractivity contribution in [2.45, 2.75) is 181 Å². The summed E-state index contributed by atoms with van der Waals surface area (Å²) < 4.78 is 18.2. The second kappa shape index (κ2) is 15.8. The molecule has 0 saturated carbocycles. The van der Waals surface area contributed by atoms with Gasteiger partial charge in [0, 0.05) is 0 Å². The molecule has 1 heterocycles. The smallest absolute Gasteiger partial charge is 0.413 e. The number of ether oxygens (including phenoxy) is 2. The predicted octanol–water partition coefficient (Wildman–Crippen LogP) is 8.42. The summed E-state index contributed by atoms with van der Waals surface area (Å²) >= 11 is 0. The molecule has 1 aliphatic heterocycles. The molecule has 1 rings (SSSR count). The van der Waals surface area contributed by atoms with E-state index < -0.39 is 37.9 Å². The van der Waals surface area contributed by atoms with Gasteiger partial charge in [-0.05, 0) is 65.6 Å². The molecule has 39 heavy (non-hydrogen) atoms. The third-order valence-corrected chi connectivity index (χ3v) is 12.4. The summed E-state index contributed by atoms with van der Waals surface area (Å²) in [7, 11) is -2.04. The van der Waals surface area contributed by atoms with Crippen LogP contribution in [-0.4, -0.2) is 60.6 Å². The van der Waals surface area contributed by atoms with E-state index in [1.54, 1.807) is 0 Å². The molecule has 3 atom stereocenters. The lowest BCUT2D eigenvalue weighted by Gasteiger charge is -2.38. The Bertz CT molecular complexity index is 787. The second-order valence-corrected chi connectivity index (χ2v) is 19.0. The van der Waals surface area contributed by atoms with Gasteiger partial charge in [0.25, 0.3) is 0 Å². The van der Waals surface area contributed by atoms with Crippen LogP contribution >= 0.6 is 0 Å². The number of nitrogens with zero attached hydrogens (tertiary/aromatic N) is 1. The van der Waals surface area contributed by atoms with Crippen molar-refractivity contribution in [1.29, 1.82) is 0 Å². The average Bonchev–Trinajstić information content (AvgIpc) is 3.11. The highest BCUT2D eigenvalue weighted by atomic mass is 28.4. The maximum absolute atomic E-state index is 13.0. The quantitative estimate of drug-likeness (QED) is 0.130. The molecule has 7 heteroatoms. The maximum atomic E-state index is 13.0. The van der Waals surface area contributed by atoms with Crippen LogP contribution in [0.3, 0.4) is 0 Å². The standard InChI is InChI=1S/C32H61NO5Si/c1-12-13-14-15-16-17-18-19-20-21-22-26(38-39(10,11)31(5,6)7)23-24-28(34)27-25-36-32(8,9)33(27)29(35)37-30(2,3)4/h26-28,34H,12-22,25H2,1-11H3/t26-,27+,28-/m1/s1. The number of amides is 1. The SMILES string of the molecule is CCCCCCCCCCCC[C@H](C#C[C@@H](O)[C@@H]1COC(C)(C)N1C(=O)OC(C)(C)C)O[Si](C)(C)C(C)(C)C. The van der Waals surface area contributed by atoms with Crippen molar-refractivity contribution in [2.75, 3.05) is 6.61 Å². The first-order valence-electron chi connectivity index (χ1n) is 15.4. The van der Waals surface area contributed by atoms with Crippen molar-refractivity contribution in [3.05, 3.63) is 0 Å². The zero-order valence-corrected chi connectivity index (χ0v) is 28.2. The molecule has 0 aromatic carbocycles. The molecule has 228 valence electrons. The van der Waals surface area contributed by atoms with Gasteiger partial charge in [0.2, 0.25) is 0 Å². The number of carbonyl (C=O) groups is 1. The molecular weight excluding hydrogens is 506 g/mol. The molecule has 1 aliphatic rings. The van der Waals surface area contributed by atoms with Crippen LogP contribution in [0.2, 0.25) is 18.1 Å². The lowest BCUT2D eigenvalue weighted by Crippen LogP contribution is -2.53. The van der Waals surface area contributed by atoms with E-state index >= 15 is 0 Å². The first-order valence-corrected chi connectivity index (χ1v) is 18.4. The molecule has 0 aromatic heterocycles. The van der Waals surface area contributed by atoms with Crippen molar-refractivity contribution in [3.8, 4) is 11.8 Å². The lowest BCUT2D eigenvalue weighted by atomic mass is 10.0. The van der Waals surface area contributed by atoms with E-state index in [4.69, 9.17) is 13.9 Å². The van der Waals surface area contributed by atoms with Gasteiger partial charge in [-0.15, -0.1) is 0 Å². The summed E-state index contributed by atoms with van der Waals surface area (Å²) in [6, 6.07) is -0.604. The average molecular weight is 568 g/mol. The van der Waals surface area contributed by atoms with Crippen molar-refractivity contribution in [1.82, 2.24) is 4.90 Å². The number of hydrogen-bond donors (Lipinski definition) is 1. The number of aliphatic hydroxyl groups excluding tert-OH is 1. The summed E-state index contributed by atoms with van der Waals surface area (Å²) in [5.74, 6) is 6.31. The minimum absolute atomic E-state index is 0.0696. The third-order valence-electron chi connectivity index (χ3n) is 7.93. The Morgan fingerprint density at radius 2 is 1.49 bits per heavy atom. The molecule has 0 unspecified atom stereocenters. The molecule has 1 saturated heterocycles. The van der Waals surface area contributed by atoms with Crippen LogP contribution in [0.1, 0.15) is 133 Å². The highest BCUT2D eigenvalue weighted by Crippen LogP contribution is 2.38. The van der Waals surface area contributed by atoms with Gasteiger partial charge < -0.3 is 19.0 Å². The molecule has 1 amide bonds. The van der Waals surface area contributed by atoms with E-state index in [0.717, 1.165) is 12.8 Å². The van der Waals surface area contributed by atoms with Crippen LogP contribution in [-0.2, 0) is 13.9 Å². The Kier molecular flexibility index (Phi) is 14.6. The summed E-state index contributed by atoms with van der Waals surface area (Å²) in [6.45, 7) is 22.8. The maximum Gasteiger partial charge on any atom is 0.413 e. The molecule has 1 N–H and O–H groups in total. The fraction of sp³-hybridized carbons (Fsp3) is 0.906. The molecule has 0 aromatic rings. The molecule has 6 nitrogen and oxygen atoms in total. The topological polar surface area (TPSA) is 68.2 Å². The van der Waals surface area contributed by atoms with Crippen LogP contribution in [0.5, 0.6) is 0 Å². The van der Waals surface area contributed by atoms with E-state index in [9.17, 15) is 9.90 Å². The van der Waals surface area contributed by atoms with Crippen LogP contribution < -0.4 is 0 Å². The van der Waals surface area contributed by atoms with Crippen molar-refractivity contribution in [2.24, 2.45) is 0 Å². The molecule has 0 aliphatic carbocycles. The summed E-state index contributed by atoms with van der Waals surface area (Å²) in [6.07, 6.45) is 11.9. The van der Waals surface area contributed by atoms with Gasteiger partial charge in [-0.2, -0.15) is 0 Å². The number of unbranched alkanes of at least 4 members (excludes halogenated alkanes) is 9. The van der Waals surface area contributed by atoms with E-state index in [1.165, 1.54) is 62.7 Å². The number of carbonyl (C=O) groups excluding carboxylic acids is 1. The largest absolute Gasteiger partial charge is 0.444 e. The van der Waals surface area contributed by atoms with Crippen molar-refractivity contribution < 1.29 is 23.8 Å². The van der Waals surface area contributed by atoms with Crippen LogP contribution in [0, 0.1) is 11.8 Å². The summed E-state index contributed by atoms with van der Waals surface area (Å²) in [5, 5.41) is 11.2. The fourth-order valence-electron chi connectivity index (χ4n) is 4.52. The van der Waals surface area contributed by atoms with Gasteiger partial charge in [0.15, 0.2) is 8.32 Å². The predicted molar refractivity (Wildman–Crippen MR) is 164 cm³/mol. The van der Waals surface area contributed by atoms with Crippen molar-refractivity contribution in [3.63, 3.8) is 0 Å². The van der Waals surface area contributed by atoms with E-state index in [1.807, 2.05) is 34.6 Å². The molecule has 0 radical (unpaired) electrons. The number of aliphatic hydroxyl groups is 1. The number of rotatable bonds is 14. The van der Waals surface area contributed by atoms with Gasteiger partial charge in [-0.25, -0.2) is 4.79 Å². The van der Waals surface area contributed by atoms with Gasteiger partial charge in [0.05, 0.1) is 12.6 Å². The second-order valence-electron chi connectivity index (χ2n) is 14.2. The molecule has 1 fully saturated rings. The Morgan fingerprint density at radius 3 is 1.97 bits per heavy atom. The van der Waals surface area contributed by atoms with Gasteiger partial charge >= 0.3 is 6.09 Å². The Morgan fingerprint density at radius 1 is 0.974 bits per heavy atom. The third kappa shape index (κ3) is 13.0. The fourth-order valence-corrected chi connectivity index (χ4v) is 5.76. The highest BCUT2D eigenvalue weighted by Gasteiger charge is 2.48. The first kappa shape index (κ1) is 36.0. The molecule has 0 spiro atoms. The van der Waals surface area contributed by atoms with E-state index in [-0.39, 0.29) is 17.7 Å². The van der Waals surface area contributed by atoms with Gasteiger partial charge in [0.1, 0.15) is 23.5 Å². The van der Waals surface area contributed by atoms with Crippen molar-refractivity contribution >= 4 is 14.4 Å².